The molecule has 9 heteroatoms. The first-order valence-corrected chi connectivity index (χ1v) is 14.8. The molecule has 1 saturated heterocycles. The van der Waals surface area contributed by atoms with Gasteiger partial charge in [0.25, 0.3) is 0 Å². The van der Waals surface area contributed by atoms with E-state index in [2.05, 4.69) is 54.9 Å². The minimum atomic E-state index is 0.321. The molecule has 1 aliphatic heterocycles. The molecule has 1 aliphatic rings. The van der Waals surface area contributed by atoms with E-state index in [1.165, 1.54) is 16.9 Å². The van der Waals surface area contributed by atoms with E-state index >= 15 is 0 Å². The highest BCUT2D eigenvalue weighted by Crippen LogP contribution is 2.39. The Hall–Kier alpha value is -2.29. The highest BCUT2D eigenvalue weighted by atomic mass is 35.5. The number of nitrogens with one attached hydrogen (secondary N) is 1. The normalized spacial score (nSPS) is 15.6. The zero-order valence-corrected chi connectivity index (χ0v) is 24.2. The molecule has 3 aromatic rings. The van der Waals surface area contributed by atoms with Crippen LogP contribution in [0.4, 0.5) is 17.0 Å². The maximum atomic E-state index is 5.95. The van der Waals surface area contributed by atoms with Crippen LogP contribution >= 0.6 is 22.9 Å². The van der Waals surface area contributed by atoms with Gasteiger partial charge in [-0.1, -0.05) is 64.4 Å². The topological polar surface area (TPSA) is 70.1 Å². The van der Waals surface area contributed by atoms with Crippen molar-refractivity contribution in [2.24, 2.45) is 5.41 Å². The van der Waals surface area contributed by atoms with E-state index in [9.17, 15) is 0 Å². The van der Waals surface area contributed by atoms with Crippen LogP contribution in [0, 0.1) is 5.41 Å². The summed E-state index contributed by atoms with van der Waals surface area (Å²) in [5.41, 5.74) is 1.50. The van der Waals surface area contributed by atoms with Crippen LogP contribution in [0.1, 0.15) is 69.1 Å². The Morgan fingerprint density at radius 3 is 2.49 bits per heavy atom. The molecule has 0 aliphatic carbocycles. The molecule has 1 unspecified atom stereocenters. The van der Waals surface area contributed by atoms with E-state index in [-0.39, 0.29) is 0 Å². The molecule has 7 nitrogen and oxygen atoms in total. The summed E-state index contributed by atoms with van der Waals surface area (Å²) in [6, 6.07) is 10.3. The largest absolute Gasteiger partial charge is 0.338 e. The minimum absolute atomic E-state index is 0.321. The van der Waals surface area contributed by atoms with Crippen molar-refractivity contribution in [2.75, 3.05) is 48.8 Å². The van der Waals surface area contributed by atoms with E-state index in [1.54, 1.807) is 11.3 Å². The van der Waals surface area contributed by atoms with Gasteiger partial charge in [-0.3, -0.25) is 10.2 Å². The number of halogens is 1. The summed E-state index contributed by atoms with van der Waals surface area (Å²) >= 11 is 7.66. The molecule has 0 radical (unpaired) electrons. The predicted molar refractivity (Wildman–Crippen MR) is 156 cm³/mol. The second kappa shape index (κ2) is 13.0. The number of anilines is 3. The lowest BCUT2D eigenvalue weighted by molar-refractivity contribution is 0.271. The fourth-order valence-corrected chi connectivity index (χ4v) is 5.87. The fraction of sp³-hybridized carbons (Fsp3) is 0.571. The summed E-state index contributed by atoms with van der Waals surface area (Å²) in [5, 5.41) is 4.24. The first-order valence-electron chi connectivity index (χ1n) is 13.4. The monoisotopic (exact) mass is 541 g/mol. The van der Waals surface area contributed by atoms with Gasteiger partial charge in [-0.15, -0.1) is 22.9 Å². The van der Waals surface area contributed by atoms with Crippen LogP contribution in [0.25, 0.3) is 0 Å². The predicted octanol–water partition coefficient (Wildman–Crippen LogP) is 6.34. The highest BCUT2D eigenvalue weighted by molar-refractivity contribution is 7.15. The number of rotatable bonds is 12. The van der Waals surface area contributed by atoms with E-state index in [4.69, 9.17) is 31.5 Å². The quantitative estimate of drug-likeness (QED) is 0.268. The van der Waals surface area contributed by atoms with Gasteiger partial charge in [-0.05, 0) is 29.7 Å². The molecule has 0 amide bonds. The summed E-state index contributed by atoms with van der Waals surface area (Å²) in [6.45, 7) is 13.8. The molecule has 0 saturated carbocycles. The molecule has 200 valence electrons. The van der Waals surface area contributed by atoms with Gasteiger partial charge in [-0.2, -0.15) is 15.0 Å². The molecular weight excluding hydrogens is 502 g/mol. The molecule has 4 rings (SSSR count). The summed E-state index contributed by atoms with van der Waals surface area (Å²) in [4.78, 5) is 25.1. The van der Waals surface area contributed by atoms with Crippen molar-refractivity contribution in [3.05, 3.63) is 52.8 Å². The summed E-state index contributed by atoms with van der Waals surface area (Å²) in [7, 11) is 0. The van der Waals surface area contributed by atoms with Crippen molar-refractivity contribution in [1.82, 2.24) is 24.8 Å². The molecule has 1 atom stereocenters. The average Bonchev–Trinajstić information content (AvgIpc) is 3.36. The number of nitrogens with zero attached hydrogens (tertiary/aromatic N) is 6. The maximum absolute atomic E-state index is 5.95. The molecule has 2 aromatic heterocycles. The Bertz CT molecular complexity index is 1110. The van der Waals surface area contributed by atoms with Crippen molar-refractivity contribution in [3.63, 3.8) is 0 Å². The van der Waals surface area contributed by atoms with Crippen molar-refractivity contribution in [1.29, 1.82) is 0 Å². The van der Waals surface area contributed by atoms with Crippen LogP contribution in [-0.4, -0.2) is 63.4 Å². The summed E-state index contributed by atoms with van der Waals surface area (Å²) in [5.74, 6) is 3.21. The first kappa shape index (κ1) is 27.7. The lowest BCUT2D eigenvalue weighted by Crippen LogP contribution is -2.47. The zero-order valence-electron chi connectivity index (χ0n) is 22.6. The third-order valence-electron chi connectivity index (χ3n) is 7.32. The minimum Gasteiger partial charge on any atom is -0.338 e. The Morgan fingerprint density at radius 2 is 1.81 bits per heavy atom. The van der Waals surface area contributed by atoms with E-state index in [0.29, 0.717) is 29.6 Å². The third-order valence-corrected chi connectivity index (χ3v) is 8.57. The molecule has 1 fully saturated rings. The number of benzene rings is 1. The van der Waals surface area contributed by atoms with Crippen molar-refractivity contribution >= 4 is 40.0 Å². The fourth-order valence-electron chi connectivity index (χ4n) is 4.64. The van der Waals surface area contributed by atoms with Gasteiger partial charge < -0.3 is 4.90 Å². The van der Waals surface area contributed by atoms with Crippen LogP contribution in [0.15, 0.2) is 36.5 Å². The van der Waals surface area contributed by atoms with E-state index < -0.39 is 0 Å². The molecule has 1 aromatic carbocycles. The van der Waals surface area contributed by atoms with Crippen molar-refractivity contribution < 1.29 is 0 Å². The van der Waals surface area contributed by atoms with Gasteiger partial charge in [0.2, 0.25) is 11.9 Å². The van der Waals surface area contributed by atoms with Gasteiger partial charge in [0.05, 0.1) is 0 Å². The van der Waals surface area contributed by atoms with Crippen LogP contribution in [-0.2, 0) is 6.42 Å². The van der Waals surface area contributed by atoms with Crippen LogP contribution in [0.5, 0.6) is 0 Å². The zero-order chi connectivity index (χ0) is 26.3. The number of hydrogen-bond acceptors (Lipinski definition) is 8. The van der Waals surface area contributed by atoms with Crippen LogP contribution in [0.3, 0.4) is 0 Å². The lowest BCUT2D eigenvalue weighted by Gasteiger charge is -2.34. The van der Waals surface area contributed by atoms with Gasteiger partial charge in [-0.25, -0.2) is 4.98 Å². The number of thiazole rings is 1. The molecular formula is C28H40ClN7S. The Kier molecular flexibility index (Phi) is 9.73. The van der Waals surface area contributed by atoms with E-state index in [0.717, 1.165) is 62.5 Å². The summed E-state index contributed by atoms with van der Waals surface area (Å²) in [6.07, 6.45) is 6.12. The van der Waals surface area contributed by atoms with Gasteiger partial charge in [0.15, 0.2) is 5.13 Å². The van der Waals surface area contributed by atoms with Crippen molar-refractivity contribution in [2.45, 2.75) is 59.3 Å². The van der Waals surface area contributed by atoms with Gasteiger partial charge in [0, 0.05) is 56.1 Å². The smallest absolute Gasteiger partial charge is 0.234 e. The Balaban J connectivity index is 1.54. The SMILES string of the molecule is CCC(CC(C)(C)CC)c1cnc(Nc2nc(Cc3ccccc3)nc(N3CCN(CCCl)CC3)n2)s1. The number of hydrogen-bond donors (Lipinski definition) is 1. The Morgan fingerprint density at radius 1 is 1.05 bits per heavy atom. The number of piperazine rings is 1. The average molecular weight is 542 g/mol. The number of aromatic nitrogens is 4. The van der Waals surface area contributed by atoms with Crippen molar-refractivity contribution in [3.8, 4) is 0 Å². The molecule has 0 spiro atoms. The number of alkyl halides is 1. The van der Waals surface area contributed by atoms with Gasteiger partial charge in [0.1, 0.15) is 5.82 Å². The van der Waals surface area contributed by atoms with E-state index in [1.807, 2.05) is 24.4 Å². The third kappa shape index (κ3) is 7.85. The molecule has 3 heterocycles. The standard InChI is InChI=1S/C28H40ClN7S/c1-5-22(19-28(3,4)6-2)23-20-30-27(37-23)34-25-31-24(18-21-10-8-7-9-11-21)32-26(33-25)36-16-14-35(13-12-29)15-17-36/h7-11,20,22H,5-6,12-19H2,1-4H3,(H,30,31,32,33,34). The second-order valence-corrected chi connectivity index (χ2v) is 12.0. The molecule has 0 bridgehead atoms. The summed E-state index contributed by atoms with van der Waals surface area (Å²) < 4.78 is 0. The van der Waals surface area contributed by atoms with Gasteiger partial charge >= 0.3 is 0 Å². The maximum Gasteiger partial charge on any atom is 0.234 e. The Labute approximate surface area is 230 Å². The second-order valence-electron chi connectivity index (χ2n) is 10.6. The molecule has 37 heavy (non-hydrogen) atoms. The highest BCUT2D eigenvalue weighted by Gasteiger charge is 2.24. The first-order chi connectivity index (χ1) is 17.9. The van der Waals surface area contributed by atoms with Crippen LogP contribution < -0.4 is 10.2 Å². The lowest BCUT2D eigenvalue weighted by atomic mass is 9.79. The molecule has 1 N–H and O–H groups in total. The van der Waals surface area contributed by atoms with Crippen LogP contribution in [0.2, 0.25) is 0 Å².